The number of nitrogens with zero attached hydrogens (tertiary/aromatic N) is 2. The van der Waals surface area contributed by atoms with E-state index in [1.54, 1.807) is 30.1 Å². The van der Waals surface area contributed by atoms with Crippen LogP contribution in [0.1, 0.15) is 12.0 Å². The van der Waals surface area contributed by atoms with Crippen LogP contribution in [0, 0.1) is 5.82 Å². The van der Waals surface area contributed by atoms with Crippen molar-refractivity contribution in [2.24, 2.45) is 4.99 Å². The van der Waals surface area contributed by atoms with E-state index in [1.165, 1.54) is 17.7 Å². The molecule has 0 saturated heterocycles. The zero-order valence-electron chi connectivity index (χ0n) is 14.6. The van der Waals surface area contributed by atoms with Crippen LogP contribution in [0.4, 0.5) is 4.39 Å². The van der Waals surface area contributed by atoms with Crippen LogP contribution in [0.5, 0.6) is 0 Å². The van der Waals surface area contributed by atoms with E-state index in [9.17, 15) is 4.39 Å². The third kappa shape index (κ3) is 5.22. The highest BCUT2D eigenvalue weighted by Gasteiger charge is 2.05. The number of fused-ring (bicyclic) bond motifs is 1. The summed E-state index contributed by atoms with van der Waals surface area (Å²) in [5.74, 6) is 1.61. The van der Waals surface area contributed by atoms with Crippen LogP contribution in [0.3, 0.4) is 0 Å². The van der Waals surface area contributed by atoms with Gasteiger partial charge in [0.1, 0.15) is 10.2 Å². The minimum Gasteiger partial charge on any atom is -0.361 e. The Labute approximate surface area is 160 Å². The van der Waals surface area contributed by atoms with Crippen LogP contribution in [-0.4, -0.2) is 41.8 Å². The van der Waals surface area contributed by atoms with E-state index in [4.69, 9.17) is 0 Å². The molecule has 3 aromatic rings. The van der Waals surface area contributed by atoms with Gasteiger partial charge in [0.25, 0.3) is 0 Å². The van der Waals surface area contributed by atoms with E-state index in [0.29, 0.717) is 0 Å². The molecule has 0 atom stereocenters. The molecule has 0 aliphatic heterocycles. The Morgan fingerprint density at radius 1 is 1.35 bits per heavy atom. The Balaban J connectivity index is 1.37. The van der Waals surface area contributed by atoms with E-state index < -0.39 is 0 Å². The molecule has 2 aromatic heterocycles. The molecule has 5 nitrogen and oxygen atoms in total. The molecule has 2 heterocycles. The number of aromatic nitrogens is 2. The first-order valence-electron chi connectivity index (χ1n) is 8.48. The lowest BCUT2D eigenvalue weighted by Crippen LogP contribution is -2.38. The molecule has 1 aromatic carbocycles. The zero-order chi connectivity index (χ0) is 18.2. The standard InChI is InChI=1S/C18H22FN5S2/c1-20-17(21-6-2-9-25-18-23-8-10-26-18)22-7-5-13-12-24-16-11-14(19)3-4-15(13)16/h3-4,8,10-12,24H,2,5-7,9H2,1H3,(H2,20,21,22). The number of guanidine groups is 1. The van der Waals surface area contributed by atoms with Crippen molar-refractivity contribution < 1.29 is 4.39 Å². The number of H-pyrrole nitrogens is 1. The third-order valence-electron chi connectivity index (χ3n) is 3.89. The van der Waals surface area contributed by atoms with Gasteiger partial charge in [-0.3, -0.25) is 4.99 Å². The van der Waals surface area contributed by atoms with E-state index >= 15 is 0 Å². The van der Waals surface area contributed by atoms with Gasteiger partial charge in [-0.25, -0.2) is 9.37 Å². The van der Waals surface area contributed by atoms with Crippen molar-refractivity contribution in [3.8, 4) is 0 Å². The van der Waals surface area contributed by atoms with Crippen molar-refractivity contribution in [2.45, 2.75) is 17.2 Å². The predicted molar refractivity (Wildman–Crippen MR) is 109 cm³/mol. The van der Waals surface area contributed by atoms with Crippen LogP contribution >= 0.6 is 23.1 Å². The Morgan fingerprint density at radius 3 is 3.04 bits per heavy atom. The monoisotopic (exact) mass is 391 g/mol. The second kappa shape index (κ2) is 9.59. The number of thioether (sulfide) groups is 1. The third-order valence-corrected chi connectivity index (χ3v) is 5.94. The topological polar surface area (TPSA) is 65.1 Å². The Morgan fingerprint density at radius 2 is 2.23 bits per heavy atom. The Kier molecular flexibility index (Phi) is 6.90. The first-order chi connectivity index (χ1) is 12.8. The summed E-state index contributed by atoms with van der Waals surface area (Å²) in [5.41, 5.74) is 2.00. The Bertz CT molecular complexity index is 845. The van der Waals surface area contributed by atoms with E-state index in [1.807, 2.05) is 23.8 Å². The lowest BCUT2D eigenvalue weighted by Gasteiger charge is -2.11. The van der Waals surface area contributed by atoms with Crippen LogP contribution in [0.25, 0.3) is 10.9 Å². The normalized spacial score (nSPS) is 11.8. The summed E-state index contributed by atoms with van der Waals surface area (Å²) in [4.78, 5) is 11.6. The van der Waals surface area contributed by atoms with Gasteiger partial charge in [0.2, 0.25) is 0 Å². The van der Waals surface area contributed by atoms with Gasteiger partial charge in [0, 0.05) is 54.6 Å². The predicted octanol–water partition coefficient (Wildman–Crippen LogP) is 3.65. The van der Waals surface area contributed by atoms with Gasteiger partial charge >= 0.3 is 0 Å². The van der Waals surface area contributed by atoms with E-state index in [0.717, 1.165) is 52.9 Å². The largest absolute Gasteiger partial charge is 0.361 e. The molecule has 138 valence electrons. The minimum absolute atomic E-state index is 0.221. The maximum atomic E-state index is 13.2. The highest BCUT2D eigenvalue weighted by molar-refractivity contribution is 8.00. The second-order valence-electron chi connectivity index (χ2n) is 5.68. The van der Waals surface area contributed by atoms with Crippen molar-refractivity contribution in [1.29, 1.82) is 0 Å². The van der Waals surface area contributed by atoms with Gasteiger partial charge in [0.15, 0.2) is 5.96 Å². The van der Waals surface area contributed by atoms with E-state index in [2.05, 4.69) is 25.6 Å². The number of aromatic amines is 1. The van der Waals surface area contributed by atoms with Gasteiger partial charge in [-0.1, -0.05) is 11.8 Å². The molecule has 0 aliphatic carbocycles. The molecule has 0 unspecified atom stereocenters. The number of rotatable bonds is 8. The summed E-state index contributed by atoms with van der Waals surface area (Å²) in [5, 5.41) is 9.71. The number of aliphatic imine (C=N–C) groups is 1. The highest BCUT2D eigenvalue weighted by Crippen LogP contribution is 2.20. The van der Waals surface area contributed by atoms with Gasteiger partial charge < -0.3 is 15.6 Å². The van der Waals surface area contributed by atoms with Gasteiger partial charge in [-0.05, 0) is 36.6 Å². The van der Waals surface area contributed by atoms with E-state index in [-0.39, 0.29) is 5.82 Å². The van der Waals surface area contributed by atoms with Crippen LogP contribution in [0.15, 0.2) is 45.3 Å². The molecule has 0 radical (unpaired) electrons. The SMILES string of the molecule is CN=C(NCCCSc1nccs1)NCCc1c[nH]c2cc(F)ccc12. The summed E-state index contributed by atoms with van der Waals surface area (Å²) >= 11 is 3.46. The summed E-state index contributed by atoms with van der Waals surface area (Å²) < 4.78 is 14.4. The second-order valence-corrected chi connectivity index (χ2v) is 7.92. The molecule has 0 spiro atoms. The van der Waals surface area contributed by atoms with Gasteiger partial charge in [0.05, 0.1) is 0 Å². The maximum Gasteiger partial charge on any atom is 0.190 e. The maximum absolute atomic E-state index is 13.2. The lowest BCUT2D eigenvalue weighted by atomic mass is 10.1. The molecule has 3 N–H and O–H groups in total. The average molecular weight is 392 g/mol. The van der Waals surface area contributed by atoms with Crippen molar-refractivity contribution >= 4 is 40.0 Å². The molecule has 0 saturated carbocycles. The summed E-state index contributed by atoms with van der Waals surface area (Å²) in [7, 11) is 1.77. The fraction of sp³-hybridized carbons (Fsp3) is 0.333. The minimum atomic E-state index is -0.221. The average Bonchev–Trinajstić information content (AvgIpc) is 3.29. The van der Waals surface area contributed by atoms with Crippen molar-refractivity contribution in [3.05, 3.63) is 47.4 Å². The fourth-order valence-corrected chi connectivity index (χ4v) is 4.27. The Hall–Kier alpha value is -2.06. The van der Waals surface area contributed by atoms with Crippen molar-refractivity contribution in [2.75, 3.05) is 25.9 Å². The number of benzene rings is 1. The molecule has 0 bridgehead atoms. The summed E-state index contributed by atoms with van der Waals surface area (Å²) in [6.07, 6.45) is 5.66. The summed E-state index contributed by atoms with van der Waals surface area (Å²) in [6, 6.07) is 4.84. The quantitative estimate of drug-likeness (QED) is 0.237. The highest BCUT2D eigenvalue weighted by atomic mass is 32.2. The molecule has 26 heavy (non-hydrogen) atoms. The van der Waals surface area contributed by atoms with Crippen molar-refractivity contribution in [1.82, 2.24) is 20.6 Å². The molecular weight excluding hydrogens is 369 g/mol. The molecule has 0 amide bonds. The van der Waals surface area contributed by atoms with Crippen LogP contribution in [0.2, 0.25) is 0 Å². The summed E-state index contributed by atoms with van der Waals surface area (Å²) in [6.45, 7) is 1.63. The number of hydrogen-bond donors (Lipinski definition) is 3. The fourth-order valence-electron chi connectivity index (χ4n) is 2.62. The van der Waals surface area contributed by atoms with Crippen LogP contribution < -0.4 is 10.6 Å². The first kappa shape index (κ1) is 18.7. The number of halogens is 1. The van der Waals surface area contributed by atoms with Gasteiger partial charge in [-0.2, -0.15) is 0 Å². The molecule has 3 rings (SSSR count). The molecule has 0 fully saturated rings. The smallest absolute Gasteiger partial charge is 0.190 e. The van der Waals surface area contributed by atoms with Crippen LogP contribution in [-0.2, 0) is 6.42 Å². The molecular formula is C18H22FN5S2. The molecule has 8 heteroatoms. The lowest BCUT2D eigenvalue weighted by molar-refractivity contribution is 0.629. The first-order valence-corrected chi connectivity index (χ1v) is 10.3. The number of nitrogens with one attached hydrogen (secondary N) is 3. The van der Waals surface area contributed by atoms with Crippen molar-refractivity contribution in [3.63, 3.8) is 0 Å². The van der Waals surface area contributed by atoms with Gasteiger partial charge in [-0.15, -0.1) is 11.3 Å². The number of thiazole rings is 1. The molecule has 0 aliphatic rings. The number of hydrogen-bond acceptors (Lipinski definition) is 4. The zero-order valence-corrected chi connectivity index (χ0v) is 16.2.